The van der Waals surface area contributed by atoms with Crippen molar-refractivity contribution in [3.05, 3.63) is 0 Å². The predicted octanol–water partition coefficient (Wildman–Crippen LogP) is 0.638. The van der Waals surface area contributed by atoms with E-state index in [4.69, 9.17) is 9.84 Å². The maximum atomic E-state index is 11.8. The van der Waals surface area contributed by atoms with Crippen LogP contribution in [0.3, 0.4) is 0 Å². The number of piperidine rings is 1. The normalized spacial score (nSPS) is 26.2. The van der Waals surface area contributed by atoms with Gasteiger partial charge in [0.15, 0.2) is 0 Å². The molecular weight excluding hydrogens is 210 g/mol. The summed E-state index contributed by atoms with van der Waals surface area (Å²) in [5, 5.41) is 12.0. The molecule has 1 heterocycles. The molecule has 1 aliphatic rings. The Kier molecular flexibility index (Phi) is 3.91. The van der Waals surface area contributed by atoms with Gasteiger partial charge in [-0.1, -0.05) is 0 Å². The number of hydrogen-bond donors (Lipinski definition) is 2. The van der Waals surface area contributed by atoms with Crippen LogP contribution in [-0.4, -0.2) is 35.7 Å². The van der Waals surface area contributed by atoms with Crippen LogP contribution in [0.15, 0.2) is 0 Å². The molecule has 0 aromatic carbocycles. The van der Waals surface area contributed by atoms with E-state index in [1.807, 2.05) is 0 Å². The molecule has 1 aliphatic heterocycles. The van der Waals surface area contributed by atoms with E-state index < -0.39 is 29.4 Å². The van der Waals surface area contributed by atoms with Crippen molar-refractivity contribution in [1.82, 2.24) is 5.32 Å². The van der Waals surface area contributed by atoms with Gasteiger partial charge in [-0.05, 0) is 33.7 Å². The summed E-state index contributed by atoms with van der Waals surface area (Å²) in [5.41, 5.74) is -0.564. The van der Waals surface area contributed by atoms with Gasteiger partial charge in [0.1, 0.15) is 5.60 Å². The van der Waals surface area contributed by atoms with Crippen LogP contribution in [0.4, 0.5) is 0 Å². The predicted molar refractivity (Wildman–Crippen MR) is 57.9 cm³/mol. The van der Waals surface area contributed by atoms with Gasteiger partial charge in [0.05, 0.1) is 11.8 Å². The van der Waals surface area contributed by atoms with E-state index in [0.717, 1.165) is 0 Å². The molecule has 0 amide bonds. The van der Waals surface area contributed by atoms with Crippen LogP contribution in [0.25, 0.3) is 0 Å². The molecule has 0 aromatic rings. The average Bonchev–Trinajstić information content (AvgIpc) is 2.15. The lowest BCUT2D eigenvalue weighted by Crippen LogP contribution is -2.45. The Morgan fingerprint density at radius 1 is 1.31 bits per heavy atom. The minimum Gasteiger partial charge on any atom is -0.481 e. The van der Waals surface area contributed by atoms with Crippen molar-refractivity contribution >= 4 is 11.9 Å². The second kappa shape index (κ2) is 4.82. The second-order valence-corrected chi connectivity index (χ2v) is 5.08. The maximum absolute atomic E-state index is 11.8. The monoisotopic (exact) mass is 229 g/mol. The van der Waals surface area contributed by atoms with Gasteiger partial charge in [-0.25, -0.2) is 0 Å². The van der Waals surface area contributed by atoms with Crippen molar-refractivity contribution in [1.29, 1.82) is 0 Å². The quantitative estimate of drug-likeness (QED) is 0.679. The second-order valence-electron chi connectivity index (χ2n) is 5.08. The zero-order valence-corrected chi connectivity index (χ0v) is 9.95. The number of carboxylic acid groups (broad SMARTS) is 1. The smallest absolute Gasteiger partial charge is 0.310 e. The highest BCUT2D eigenvalue weighted by molar-refractivity contribution is 5.81. The highest BCUT2D eigenvalue weighted by Crippen LogP contribution is 2.23. The number of esters is 1. The molecule has 1 saturated heterocycles. The maximum Gasteiger partial charge on any atom is 0.310 e. The Morgan fingerprint density at radius 2 is 1.94 bits per heavy atom. The van der Waals surface area contributed by atoms with Crippen LogP contribution in [0.2, 0.25) is 0 Å². The van der Waals surface area contributed by atoms with Gasteiger partial charge in [-0.3, -0.25) is 9.59 Å². The van der Waals surface area contributed by atoms with E-state index in [-0.39, 0.29) is 0 Å². The molecule has 92 valence electrons. The zero-order chi connectivity index (χ0) is 12.3. The van der Waals surface area contributed by atoms with Crippen LogP contribution in [0, 0.1) is 11.8 Å². The molecule has 0 aliphatic carbocycles. The number of carbonyl (C=O) groups excluding carboxylic acids is 1. The first-order valence-corrected chi connectivity index (χ1v) is 5.47. The van der Waals surface area contributed by atoms with E-state index >= 15 is 0 Å². The van der Waals surface area contributed by atoms with Crippen molar-refractivity contribution in [2.24, 2.45) is 11.8 Å². The lowest BCUT2D eigenvalue weighted by molar-refractivity contribution is -0.167. The first-order chi connectivity index (χ1) is 7.31. The van der Waals surface area contributed by atoms with Gasteiger partial charge in [-0.2, -0.15) is 0 Å². The summed E-state index contributed by atoms with van der Waals surface area (Å²) in [4.78, 5) is 22.8. The number of nitrogens with one attached hydrogen (secondary N) is 1. The van der Waals surface area contributed by atoms with Gasteiger partial charge >= 0.3 is 11.9 Å². The van der Waals surface area contributed by atoms with Crippen LogP contribution >= 0.6 is 0 Å². The number of aliphatic carboxylic acids is 1. The minimum absolute atomic E-state index is 0.333. The molecule has 5 nitrogen and oxygen atoms in total. The summed E-state index contributed by atoms with van der Waals surface area (Å²) >= 11 is 0. The molecule has 1 unspecified atom stereocenters. The summed E-state index contributed by atoms with van der Waals surface area (Å²) in [5.74, 6) is -2.55. The molecule has 0 saturated carbocycles. The van der Waals surface area contributed by atoms with Gasteiger partial charge in [0.2, 0.25) is 0 Å². The van der Waals surface area contributed by atoms with Gasteiger partial charge in [-0.15, -0.1) is 0 Å². The average molecular weight is 229 g/mol. The Labute approximate surface area is 95.2 Å². The lowest BCUT2D eigenvalue weighted by Gasteiger charge is -2.30. The molecule has 16 heavy (non-hydrogen) atoms. The van der Waals surface area contributed by atoms with Crippen molar-refractivity contribution in [3.63, 3.8) is 0 Å². The fraction of sp³-hybridized carbons (Fsp3) is 0.818. The Balaban J connectivity index is 2.68. The molecule has 1 rings (SSSR count). The number of rotatable bonds is 2. The topological polar surface area (TPSA) is 75.6 Å². The molecule has 0 spiro atoms. The van der Waals surface area contributed by atoms with Crippen LogP contribution in [0.5, 0.6) is 0 Å². The number of ether oxygens (including phenoxy) is 1. The molecule has 0 aromatic heterocycles. The fourth-order valence-corrected chi connectivity index (χ4v) is 1.78. The summed E-state index contributed by atoms with van der Waals surface area (Å²) < 4.78 is 5.23. The largest absolute Gasteiger partial charge is 0.481 e. The van der Waals surface area contributed by atoms with Crippen molar-refractivity contribution in [2.45, 2.75) is 32.8 Å². The molecule has 2 atom stereocenters. The van der Waals surface area contributed by atoms with Crippen LogP contribution < -0.4 is 5.32 Å². The Bertz CT molecular complexity index is 282. The summed E-state index contributed by atoms with van der Waals surface area (Å²) in [6, 6.07) is 0. The first-order valence-electron chi connectivity index (χ1n) is 5.47. The third-order valence-corrected chi connectivity index (χ3v) is 2.51. The van der Waals surface area contributed by atoms with E-state index in [0.29, 0.717) is 19.5 Å². The lowest BCUT2D eigenvalue weighted by atomic mass is 9.86. The number of carbonyl (C=O) groups is 2. The number of carboxylic acids is 1. The summed E-state index contributed by atoms with van der Waals surface area (Å²) in [7, 11) is 0. The Hall–Kier alpha value is -1.10. The fourth-order valence-electron chi connectivity index (χ4n) is 1.78. The molecule has 1 fully saturated rings. The highest BCUT2D eigenvalue weighted by atomic mass is 16.6. The summed E-state index contributed by atoms with van der Waals surface area (Å²) in [6.07, 6.45) is 0.520. The minimum atomic E-state index is -0.942. The van der Waals surface area contributed by atoms with Crippen molar-refractivity contribution < 1.29 is 19.4 Å². The van der Waals surface area contributed by atoms with Gasteiger partial charge in [0.25, 0.3) is 0 Å². The number of hydrogen-bond acceptors (Lipinski definition) is 4. The van der Waals surface area contributed by atoms with Gasteiger partial charge < -0.3 is 15.2 Å². The third kappa shape index (κ3) is 3.48. The van der Waals surface area contributed by atoms with E-state index in [9.17, 15) is 9.59 Å². The molecular formula is C11H19NO4. The van der Waals surface area contributed by atoms with E-state index in [2.05, 4.69) is 5.32 Å². The molecule has 0 radical (unpaired) electrons. The molecule has 0 bridgehead atoms. The van der Waals surface area contributed by atoms with Crippen LogP contribution in [0.1, 0.15) is 27.2 Å². The van der Waals surface area contributed by atoms with Gasteiger partial charge in [0, 0.05) is 6.54 Å². The standard InChI is InChI=1S/C11H19NO4/c1-11(2,3)16-10(15)7-4-5-12-6-8(7)9(13)14/h7-8,12H,4-6H2,1-3H3,(H,13,14)/t7?,8-/m0/s1. The SMILES string of the molecule is CC(C)(C)OC(=O)C1CCNC[C@@H]1C(=O)O. The zero-order valence-electron chi connectivity index (χ0n) is 9.95. The van der Waals surface area contributed by atoms with Crippen LogP contribution in [-0.2, 0) is 14.3 Å². The molecule has 5 heteroatoms. The van der Waals surface area contributed by atoms with E-state index in [1.165, 1.54) is 0 Å². The first kappa shape index (κ1) is 13.0. The summed E-state index contributed by atoms with van der Waals surface area (Å²) in [6.45, 7) is 6.33. The third-order valence-electron chi connectivity index (χ3n) is 2.51. The van der Waals surface area contributed by atoms with Crippen molar-refractivity contribution in [3.8, 4) is 0 Å². The molecule has 2 N–H and O–H groups in total. The van der Waals surface area contributed by atoms with Crippen molar-refractivity contribution in [2.75, 3.05) is 13.1 Å². The highest BCUT2D eigenvalue weighted by Gasteiger charge is 2.38. The van der Waals surface area contributed by atoms with E-state index in [1.54, 1.807) is 20.8 Å². The Morgan fingerprint density at radius 3 is 2.44 bits per heavy atom.